The van der Waals surface area contributed by atoms with Crippen LogP contribution in [0, 0.1) is 0 Å². The highest BCUT2D eigenvalue weighted by atomic mass is 35.5. The van der Waals surface area contributed by atoms with Crippen LogP contribution in [0.4, 0.5) is 0 Å². The van der Waals surface area contributed by atoms with Crippen LogP contribution in [0.15, 0.2) is 36.4 Å². The van der Waals surface area contributed by atoms with Crippen LogP contribution in [-0.4, -0.2) is 21.3 Å². The number of ether oxygens (including phenoxy) is 2. The Morgan fingerprint density at radius 2 is 1.62 bits per heavy atom. The fraction of sp³-hybridized carbons (Fsp3) is 0.250. The lowest BCUT2D eigenvalue weighted by atomic mass is 9.98. The van der Waals surface area contributed by atoms with Gasteiger partial charge in [0.1, 0.15) is 11.5 Å². The summed E-state index contributed by atoms with van der Waals surface area (Å²) in [5.41, 5.74) is 1.89. The maximum Gasteiger partial charge on any atom is 0.122 e. The maximum atomic E-state index is 6.33. The van der Waals surface area contributed by atoms with Crippen molar-refractivity contribution in [2.45, 2.75) is 6.04 Å². The van der Waals surface area contributed by atoms with Gasteiger partial charge in [-0.15, -0.1) is 0 Å². The van der Waals surface area contributed by atoms with Crippen LogP contribution in [0.5, 0.6) is 11.5 Å². The Bertz CT molecular complexity index is 609. The Balaban J connectivity index is 2.53. The van der Waals surface area contributed by atoms with Gasteiger partial charge in [0.05, 0.1) is 30.3 Å². The molecule has 112 valence electrons. The van der Waals surface area contributed by atoms with Gasteiger partial charge in [0, 0.05) is 6.07 Å². The zero-order chi connectivity index (χ0) is 15.4. The molecule has 2 aromatic rings. The number of hydrogen-bond acceptors (Lipinski definition) is 3. The minimum absolute atomic E-state index is 0.111. The predicted octanol–water partition coefficient (Wildman–Crippen LogP) is 4.32. The van der Waals surface area contributed by atoms with E-state index in [1.165, 1.54) is 0 Å². The molecule has 2 rings (SSSR count). The summed E-state index contributed by atoms with van der Waals surface area (Å²) in [6.07, 6.45) is 0. The first kappa shape index (κ1) is 16.0. The number of hydrogen-bond donors (Lipinski definition) is 1. The third kappa shape index (κ3) is 3.43. The SMILES string of the molecule is CNC(c1cc(OC)cc(OC)c1)c1cccc(Cl)c1Cl. The van der Waals surface area contributed by atoms with E-state index in [-0.39, 0.29) is 6.04 Å². The van der Waals surface area contributed by atoms with Crippen LogP contribution < -0.4 is 14.8 Å². The zero-order valence-electron chi connectivity index (χ0n) is 12.1. The first-order valence-electron chi connectivity index (χ1n) is 6.44. The minimum Gasteiger partial charge on any atom is -0.497 e. The molecule has 0 saturated heterocycles. The van der Waals surface area contributed by atoms with Crippen molar-refractivity contribution in [3.63, 3.8) is 0 Å². The van der Waals surface area contributed by atoms with Gasteiger partial charge in [0.25, 0.3) is 0 Å². The third-order valence-electron chi connectivity index (χ3n) is 3.29. The molecule has 0 fully saturated rings. The van der Waals surface area contributed by atoms with Crippen molar-refractivity contribution in [1.29, 1.82) is 0 Å². The summed E-state index contributed by atoms with van der Waals surface area (Å²) in [5.74, 6) is 1.45. The molecule has 0 aliphatic carbocycles. The van der Waals surface area contributed by atoms with E-state index in [2.05, 4.69) is 5.32 Å². The molecule has 0 heterocycles. The summed E-state index contributed by atoms with van der Waals surface area (Å²) in [7, 11) is 5.12. The molecule has 21 heavy (non-hydrogen) atoms. The Hall–Kier alpha value is -1.42. The van der Waals surface area contributed by atoms with Crippen molar-refractivity contribution in [2.24, 2.45) is 0 Å². The average Bonchev–Trinajstić information content (AvgIpc) is 2.51. The van der Waals surface area contributed by atoms with Gasteiger partial charge in [0.15, 0.2) is 0 Å². The molecule has 0 aliphatic rings. The van der Waals surface area contributed by atoms with E-state index >= 15 is 0 Å². The topological polar surface area (TPSA) is 30.5 Å². The second-order valence-electron chi connectivity index (χ2n) is 4.51. The second-order valence-corrected chi connectivity index (χ2v) is 5.30. The number of benzene rings is 2. The van der Waals surface area contributed by atoms with Crippen molar-refractivity contribution in [2.75, 3.05) is 21.3 Å². The van der Waals surface area contributed by atoms with Crippen LogP contribution in [0.1, 0.15) is 17.2 Å². The Morgan fingerprint density at radius 1 is 1.00 bits per heavy atom. The average molecular weight is 326 g/mol. The summed E-state index contributed by atoms with van der Waals surface area (Å²) in [5, 5.41) is 4.32. The summed E-state index contributed by atoms with van der Waals surface area (Å²) < 4.78 is 10.6. The predicted molar refractivity (Wildman–Crippen MR) is 86.9 cm³/mol. The molecular formula is C16H17Cl2NO2. The quantitative estimate of drug-likeness (QED) is 0.888. The molecule has 5 heteroatoms. The molecule has 3 nitrogen and oxygen atoms in total. The summed E-state index contributed by atoms with van der Waals surface area (Å²) in [6.45, 7) is 0. The van der Waals surface area contributed by atoms with E-state index in [1.54, 1.807) is 20.3 Å². The van der Waals surface area contributed by atoms with E-state index in [4.69, 9.17) is 32.7 Å². The van der Waals surface area contributed by atoms with Crippen LogP contribution >= 0.6 is 23.2 Å². The molecule has 0 spiro atoms. The lowest BCUT2D eigenvalue weighted by molar-refractivity contribution is 0.392. The molecule has 0 radical (unpaired) electrons. The van der Waals surface area contributed by atoms with Gasteiger partial charge in [-0.25, -0.2) is 0 Å². The molecule has 1 N–H and O–H groups in total. The lowest BCUT2D eigenvalue weighted by Gasteiger charge is -2.20. The number of methoxy groups -OCH3 is 2. The van der Waals surface area contributed by atoms with E-state index in [0.717, 1.165) is 22.6 Å². The van der Waals surface area contributed by atoms with E-state index in [0.29, 0.717) is 10.0 Å². The second kappa shape index (κ2) is 7.03. The fourth-order valence-electron chi connectivity index (χ4n) is 2.24. The van der Waals surface area contributed by atoms with Crippen molar-refractivity contribution < 1.29 is 9.47 Å². The van der Waals surface area contributed by atoms with Crippen LogP contribution in [0.25, 0.3) is 0 Å². The van der Waals surface area contributed by atoms with Crippen molar-refractivity contribution in [1.82, 2.24) is 5.32 Å². The Kier molecular flexibility index (Phi) is 5.34. The van der Waals surface area contributed by atoms with Gasteiger partial charge in [-0.05, 0) is 36.4 Å². The zero-order valence-corrected chi connectivity index (χ0v) is 13.6. The first-order chi connectivity index (χ1) is 10.1. The standard InChI is InChI=1S/C16H17Cl2NO2/c1-19-16(13-5-4-6-14(17)15(13)18)10-7-11(20-2)9-12(8-10)21-3/h4-9,16,19H,1-3H3. The van der Waals surface area contributed by atoms with Crippen LogP contribution in [-0.2, 0) is 0 Å². The molecule has 0 saturated carbocycles. The van der Waals surface area contributed by atoms with Gasteiger partial charge >= 0.3 is 0 Å². The Morgan fingerprint density at radius 3 is 2.14 bits per heavy atom. The minimum atomic E-state index is -0.111. The van der Waals surface area contributed by atoms with E-state index in [1.807, 2.05) is 37.4 Å². The summed E-state index contributed by atoms with van der Waals surface area (Å²) in [4.78, 5) is 0. The summed E-state index contributed by atoms with van der Waals surface area (Å²) in [6, 6.07) is 11.2. The molecule has 0 bridgehead atoms. The third-order valence-corrected chi connectivity index (χ3v) is 4.12. The molecular weight excluding hydrogens is 309 g/mol. The molecule has 1 unspecified atom stereocenters. The Labute approximate surface area is 134 Å². The van der Waals surface area contributed by atoms with Gasteiger partial charge in [-0.2, -0.15) is 0 Å². The lowest BCUT2D eigenvalue weighted by Crippen LogP contribution is -2.18. The highest BCUT2D eigenvalue weighted by molar-refractivity contribution is 6.42. The van der Waals surface area contributed by atoms with Gasteiger partial charge < -0.3 is 14.8 Å². The largest absolute Gasteiger partial charge is 0.497 e. The maximum absolute atomic E-state index is 6.33. The fourth-order valence-corrected chi connectivity index (χ4v) is 2.66. The van der Waals surface area contributed by atoms with Crippen molar-refractivity contribution in [3.05, 3.63) is 57.6 Å². The highest BCUT2D eigenvalue weighted by Gasteiger charge is 2.18. The van der Waals surface area contributed by atoms with Gasteiger partial charge in [-0.3, -0.25) is 0 Å². The van der Waals surface area contributed by atoms with Gasteiger partial charge in [-0.1, -0.05) is 35.3 Å². The molecule has 2 aromatic carbocycles. The first-order valence-corrected chi connectivity index (χ1v) is 7.20. The van der Waals surface area contributed by atoms with Crippen molar-refractivity contribution >= 4 is 23.2 Å². The molecule has 0 aliphatic heterocycles. The van der Waals surface area contributed by atoms with Crippen molar-refractivity contribution in [3.8, 4) is 11.5 Å². The normalized spacial score (nSPS) is 12.0. The number of rotatable bonds is 5. The number of nitrogens with one attached hydrogen (secondary N) is 1. The molecule has 1 atom stereocenters. The van der Waals surface area contributed by atoms with Crippen LogP contribution in [0.2, 0.25) is 10.0 Å². The highest BCUT2D eigenvalue weighted by Crippen LogP contribution is 2.35. The smallest absolute Gasteiger partial charge is 0.122 e. The monoisotopic (exact) mass is 325 g/mol. The number of halogens is 2. The van der Waals surface area contributed by atoms with Crippen LogP contribution in [0.3, 0.4) is 0 Å². The molecule has 0 aromatic heterocycles. The van der Waals surface area contributed by atoms with Gasteiger partial charge in [0.2, 0.25) is 0 Å². The molecule has 0 amide bonds. The van der Waals surface area contributed by atoms with E-state index < -0.39 is 0 Å². The van der Waals surface area contributed by atoms with E-state index in [9.17, 15) is 0 Å². The summed E-state index contributed by atoms with van der Waals surface area (Å²) >= 11 is 12.4.